The van der Waals surface area contributed by atoms with Crippen LogP contribution in [0, 0.1) is 6.92 Å². The van der Waals surface area contributed by atoms with Crippen molar-refractivity contribution in [3.63, 3.8) is 0 Å². The van der Waals surface area contributed by atoms with E-state index < -0.39 is 0 Å². The Hall–Kier alpha value is -2.41. The fourth-order valence-corrected chi connectivity index (χ4v) is 2.79. The summed E-state index contributed by atoms with van der Waals surface area (Å²) in [5.41, 5.74) is 1.27. The Morgan fingerprint density at radius 2 is 2.38 bits per heavy atom. The zero-order chi connectivity index (χ0) is 14.7. The molecule has 7 heteroatoms. The highest BCUT2D eigenvalue weighted by Gasteiger charge is 2.11. The Morgan fingerprint density at radius 3 is 3.10 bits per heavy atom. The molecule has 3 rings (SSSR count). The van der Waals surface area contributed by atoms with Crippen LogP contribution in [0.4, 0.5) is 0 Å². The summed E-state index contributed by atoms with van der Waals surface area (Å²) in [7, 11) is 0. The molecule has 1 amide bonds. The van der Waals surface area contributed by atoms with Crippen molar-refractivity contribution in [2.75, 3.05) is 6.54 Å². The molecule has 0 saturated carbocycles. The van der Waals surface area contributed by atoms with Gasteiger partial charge < -0.3 is 9.88 Å². The normalized spacial score (nSPS) is 10.7. The summed E-state index contributed by atoms with van der Waals surface area (Å²) in [6.45, 7) is 3.27. The summed E-state index contributed by atoms with van der Waals surface area (Å²) in [5.74, 6) is -0.175. The Bertz CT molecular complexity index is 728. The van der Waals surface area contributed by atoms with Crippen LogP contribution in [0.3, 0.4) is 0 Å². The molecule has 3 aromatic heterocycles. The van der Waals surface area contributed by atoms with Gasteiger partial charge >= 0.3 is 0 Å². The van der Waals surface area contributed by atoms with Crippen LogP contribution in [0.1, 0.15) is 15.4 Å². The first kappa shape index (κ1) is 13.6. The number of thiophene rings is 1. The molecular weight excluding hydrogens is 286 g/mol. The van der Waals surface area contributed by atoms with Crippen molar-refractivity contribution >= 4 is 17.2 Å². The number of carbonyl (C=O) groups excluding carboxylic acids is 1. The zero-order valence-corrected chi connectivity index (χ0v) is 12.4. The molecule has 0 atom stereocenters. The lowest BCUT2D eigenvalue weighted by Gasteiger charge is -2.03. The maximum Gasteiger partial charge on any atom is 0.271 e. The molecule has 21 heavy (non-hydrogen) atoms. The third-order valence-electron chi connectivity index (χ3n) is 3.03. The predicted molar refractivity (Wildman–Crippen MR) is 81.2 cm³/mol. The summed E-state index contributed by atoms with van der Waals surface area (Å²) in [5, 5.41) is 9.81. The van der Waals surface area contributed by atoms with Gasteiger partial charge in [-0.3, -0.25) is 9.89 Å². The Morgan fingerprint density at radius 1 is 1.48 bits per heavy atom. The highest BCUT2D eigenvalue weighted by molar-refractivity contribution is 7.15. The van der Waals surface area contributed by atoms with E-state index in [2.05, 4.69) is 20.5 Å². The van der Waals surface area contributed by atoms with Crippen molar-refractivity contribution < 1.29 is 4.79 Å². The van der Waals surface area contributed by atoms with Crippen LogP contribution in [0.5, 0.6) is 0 Å². The average Bonchev–Trinajstić information content (AvgIpc) is 3.19. The van der Waals surface area contributed by atoms with Gasteiger partial charge in [-0.15, -0.1) is 11.3 Å². The first-order valence-corrected chi connectivity index (χ1v) is 7.40. The van der Waals surface area contributed by atoms with Crippen molar-refractivity contribution in [3.05, 3.63) is 47.5 Å². The summed E-state index contributed by atoms with van der Waals surface area (Å²) in [6.07, 6.45) is 5.29. The van der Waals surface area contributed by atoms with E-state index in [1.807, 2.05) is 29.8 Å². The van der Waals surface area contributed by atoms with Gasteiger partial charge in [-0.25, -0.2) is 4.98 Å². The number of aryl methyl sites for hydroxylation is 1. The van der Waals surface area contributed by atoms with Gasteiger partial charge in [0.25, 0.3) is 5.91 Å². The Labute approximate surface area is 125 Å². The molecule has 6 nitrogen and oxygen atoms in total. The number of rotatable bonds is 5. The molecule has 0 fully saturated rings. The molecule has 3 aromatic rings. The van der Waals surface area contributed by atoms with E-state index in [-0.39, 0.29) is 5.91 Å². The van der Waals surface area contributed by atoms with E-state index in [1.54, 1.807) is 29.9 Å². The molecule has 108 valence electrons. The van der Waals surface area contributed by atoms with Gasteiger partial charge in [-0.1, -0.05) is 0 Å². The SMILES string of the molecule is Cc1ccc(-c2cc(C(=O)NCCn3ccnc3)n[nH]2)s1. The molecule has 0 aromatic carbocycles. The van der Waals surface area contributed by atoms with Crippen LogP contribution < -0.4 is 5.32 Å². The van der Waals surface area contributed by atoms with Gasteiger partial charge in [-0.2, -0.15) is 5.10 Å². The number of imidazole rings is 1. The van der Waals surface area contributed by atoms with E-state index in [1.165, 1.54) is 4.88 Å². The van der Waals surface area contributed by atoms with Crippen LogP contribution in [-0.2, 0) is 6.54 Å². The largest absolute Gasteiger partial charge is 0.349 e. The standard InChI is InChI=1S/C14H15N5OS/c1-10-2-3-13(21-10)11-8-12(18-17-11)14(20)16-5-7-19-6-4-15-9-19/h2-4,6,8-9H,5,7H2,1H3,(H,16,20)(H,17,18). The van der Waals surface area contributed by atoms with E-state index in [0.717, 1.165) is 10.6 Å². The lowest BCUT2D eigenvalue weighted by Crippen LogP contribution is -2.27. The number of nitrogens with zero attached hydrogens (tertiary/aromatic N) is 3. The van der Waals surface area contributed by atoms with Gasteiger partial charge in [-0.05, 0) is 25.1 Å². The number of carbonyl (C=O) groups is 1. The monoisotopic (exact) mass is 301 g/mol. The molecule has 0 saturated heterocycles. The predicted octanol–water partition coefficient (Wildman–Crippen LogP) is 2.07. The fourth-order valence-electron chi connectivity index (χ4n) is 1.95. The zero-order valence-electron chi connectivity index (χ0n) is 11.5. The highest BCUT2D eigenvalue weighted by Crippen LogP contribution is 2.26. The number of H-pyrrole nitrogens is 1. The first-order valence-electron chi connectivity index (χ1n) is 6.58. The minimum absolute atomic E-state index is 0.175. The maximum absolute atomic E-state index is 12.0. The molecule has 0 aliphatic heterocycles. The average molecular weight is 301 g/mol. The number of aromatic nitrogens is 4. The summed E-state index contributed by atoms with van der Waals surface area (Å²) in [6, 6.07) is 5.85. The van der Waals surface area contributed by atoms with Gasteiger partial charge in [0.15, 0.2) is 5.69 Å². The molecule has 0 radical (unpaired) electrons. The maximum atomic E-state index is 12.0. The fraction of sp³-hybridized carbons (Fsp3) is 0.214. The van der Waals surface area contributed by atoms with Crippen LogP contribution >= 0.6 is 11.3 Å². The van der Waals surface area contributed by atoms with Crippen molar-refractivity contribution in [3.8, 4) is 10.6 Å². The lowest BCUT2D eigenvalue weighted by molar-refractivity contribution is 0.0947. The third kappa shape index (κ3) is 3.19. The van der Waals surface area contributed by atoms with Gasteiger partial charge in [0.2, 0.25) is 0 Å². The van der Waals surface area contributed by atoms with Crippen LogP contribution in [0.15, 0.2) is 36.9 Å². The summed E-state index contributed by atoms with van der Waals surface area (Å²) in [4.78, 5) is 18.3. The van der Waals surface area contributed by atoms with E-state index in [0.29, 0.717) is 18.8 Å². The molecule has 0 spiro atoms. The van der Waals surface area contributed by atoms with Crippen molar-refractivity contribution in [2.24, 2.45) is 0 Å². The first-order chi connectivity index (χ1) is 10.2. The minimum Gasteiger partial charge on any atom is -0.349 e. The highest BCUT2D eigenvalue weighted by atomic mass is 32.1. The molecule has 2 N–H and O–H groups in total. The van der Waals surface area contributed by atoms with Gasteiger partial charge in [0.1, 0.15) is 0 Å². The molecule has 0 bridgehead atoms. The topological polar surface area (TPSA) is 75.6 Å². The quantitative estimate of drug-likeness (QED) is 0.757. The number of amides is 1. The number of hydrogen-bond donors (Lipinski definition) is 2. The molecule has 0 unspecified atom stereocenters. The van der Waals surface area contributed by atoms with Gasteiger partial charge in [0.05, 0.1) is 16.9 Å². The Balaban J connectivity index is 1.59. The molecular formula is C14H15N5OS. The second-order valence-electron chi connectivity index (χ2n) is 4.63. The second kappa shape index (κ2) is 5.92. The summed E-state index contributed by atoms with van der Waals surface area (Å²) < 4.78 is 1.91. The van der Waals surface area contributed by atoms with Crippen LogP contribution in [0.2, 0.25) is 0 Å². The molecule has 0 aliphatic carbocycles. The van der Waals surface area contributed by atoms with Crippen molar-refractivity contribution in [2.45, 2.75) is 13.5 Å². The number of nitrogens with one attached hydrogen (secondary N) is 2. The molecule has 0 aliphatic rings. The summed E-state index contributed by atoms with van der Waals surface area (Å²) >= 11 is 1.67. The third-order valence-corrected chi connectivity index (χ3v) is 4.07. The van der Waals surface area contributed by atoms with E-state index >= 15 is 0 Å². The van der Waals surface area contributed by atoms with E-state index in [9.17, 15) is 4.79 Å². The Kier molecular flexibility index (Phi) is 3.83. The van der Waals surface area contributed by atoms with Crippen molar-refractivity contribution in [1.82, 2.24) is 25.1 Å². The van der Waals surface area contributed by atoms with Crippen molar-refractivity contribution in [1.29, 1.82) is 0 Å². The minimum atomic E-state index is -0.175. The van der Waals surface area contributed by atoms with Crippen LogP contribution in [0.25, 0.3) is 10.6 Å². The van der Waals surface area contributed by atoms with Crippen LogP contribution in [-0.4, -0.2) is 32.2 Å². The molecule has 3 heterocycles. The van der Waals surface area contributed by atoms with Gasteiger partial charge in [0, 0.05) is 30.4 Å². The lowest BCUT2D eigenvalue weighted by atomic mass is 10.3. The van der Waals surface area contributed by atoms with E-state index in [4.69, 9.17) is 0 Å². The number of aromatic amines is 1. The second-order valence-corrected chi connectivity index (χ2v) is 5.92. The smallest absolute Gasteiger partial charge is 0.271 e. The number of hydrogen-bond acceptors (Lipinski definition) is 4.